The van der Waals surface area contributed by atoms with Crippen LogP contribution in [0, 0.1) is 11.7 Å². The van der Waals surface area contributed by atoms with Gasteiger partial charge in [0.2, 0.25) is 17.7 Å². The van der Waals surface area contributed by atoms with Crippen LogP contribution in [-0.2, 0) is 14.4 Å². The van der Waals surface area contributed by atoms with Crippen LogP contribution in [0.1, 0.15) is 65.7 Å². The molecule has 15 nitrogen and oxygen atoms in total. The molecule has 2 bridgehead atoms. The first-order valence-corrected chi connectivity index (χ1v) is 21.6. The van der Waals surface area contributed by atoms with Gasteiger partial charge in [-0.15, -0.1) is 0 Å². The summed E-state index contributed by atoms with van der Waals surface area (Å²) in [6.45, 7) is 9.86. The van der Waals surface area contributed by atoms with Crippen LogP contribution in [0.5, 0.6) is 5.75 Å². The Hall–Kier alpha value is -5.97. The molecule has 3 N–H and O–H groups in total. The number of carbonyl (C=O) groups is 5. The molecule has 62 heavy (non-hydrogen) atoms. The van der Waals surface area contributed by atoms with Gasteiger partial charge in [0.25, 0.3) is 11.8 Å². The van der Waals surface area contributed by atoms with Crippen molar-refractivity contribution in [3.05, 3.63) is 89.5 Å². The molecule has 4 aromatic rings. The number of likely N-dealkylation sites (tertiary alicyclic amines) is 2. The van der Waals surface area contributed by atoms with E-state index >= 15 is 0 Å². The second-order valence-corrected chi connectivity index (χ2v) is 17.1. The maximum Gasteiger partial charge on any atom is 0.262 e. The third-order valence-corrected chi connectivity index (χ3v) is 13.0. The molecule has 322 valence electrons. The van der Waals surface area contributed by atoms with Gasteiger partial charge in [-0.25, -0.2) is 14.4 Å². The predicted octanol–water partition coefficient (Wildman–Crippen LogP) is 5.53. The summed E-state index contributed by atoms with van der Waals surface area (Å²) < 4.78 is 20.0. The first-order chi connectivity index (χ1) is 30.0. The molecule has 3 aromatic carbocycles. The van der Waals surface area contributed by atoms with Crippen molar-refractivity contribution in [2.45, 2.75) is 63.1 Å². The topological polar surface area (TPSA) is 169 Å². The Morgan fingerprint density at radius 3 is 2.45 bits per heavy atom. The molecule has 4 saturated heterocycles. The van der Waals surface area contributed by atoms with Crippen LogP contribution in [0.15, 0.2) is 67.5 Å². The third kappa shape index (κ3) is 8.33. The second-order valence-electron chi connectivity index (χ2n) is 16.7. The number of nitrogens with zero attached hydrogens (tertiary/aromatic N) is 6. The van der Waals surface area contributed by atoms with Gasteiger partial charge in [0.15, 0.2) is 0 Å². The van der Waals surface area contributed by atoms with E-state index in [1.165, 1.54) is 24.5 Å². The number of imide groups is 2. The van der Waals surface area contributed by atoms with E-state index in [9.17, 15) is 28.4 Å². The number of fused-ring (bicyclic) bond motifs is 4. The lowest BCUT2D eigenvalue weighted by molar-refractivity contribution is -0.136. The molecule has 0 radical (unpaired) electrons. The van der Waals surface area contributed by atoms with E-state index in [4.69, 9.17) is 16.3 Å². The number of halogens is 2. The molecule has 3 unspecified atom stereocenters. The van der Waals surface area contributed by atoms with Gasteiger partial charge in [-0.05, 0) is 106 Å². The molecule has 3 atom stereocenters. The Balaban J connectivity index is 0.756. The number of hydrogen-bond acceptors (Lipinski definition) is 12. The Morgan fingerprint density at radius 1 is 0.935 bits per heavy atom. The zero-order valence-electron chi connectivity index (χ0n) is 34.1. The van der Waals surface area contributed by atoms with Crippen LogP contribution < -0.4 is 25.6 Å². The number of amides is 5. The van der Waals surface area contributed by atoms with E-state index in [0.717, 1.165) is 82.0 Å². The molecule has 5 aliphatic heterocycles. The summed E-state index contributed by atoms with van der Waals surface area (Å²) >= 11 is 5.99. The molecule has 0 saturated carbocycles. The van der Waals surface area contributed by atoms with Crippen molar-refractivity contribution >= 4 is 74.9 Å². The molecular weight excluding hydrogens is 817 g/mol. The highest BCUT2D eigenvalue weighted by Crippen LogP contribution is 2.39. The minimum absolute atomic E-state index is 0.0227. The second kappa shape index (κ2) is 17.4. The molecule has 5 aliphatic rings. The Morgan fingerprint density at radius 2 is 1.71 bits per heavy atom. The van der Waals surface area contributed by atoms with Gasteiger partial charge in [-0.2, -0.15) is 0 Å². The number of ether oxygens (including phenoxy) is 1. The molecule has 17 heteroatoms. The fourth-order valence-corrected chi connectivity index (χ4v) is 9.88. The number of rotatable bonds is 13. The summed E-state index contributed by atoms with van der Waals surface area (Å²) in [6, 6.07) is 12.9. The number of benzene rings is 3. The zero-order valence-corrected chi connectivity index (χ0v) is 34.8. The lowest BCUT2D eigenvalue weighted by atomic mass is 9.95. The van der Waals surface area contributed by atoms with Crippen molar-refractivity contribution in [2.24, 2.45) is 5.92 Å². The Bertz CT molecular complexity index is 2470. The van der Waals surface area contributed by atoms with Crippen molar-refractivity contribution in [3.8, 4) is 5.75 Å². The molecule has 0 aliphatic carbocycles. The van der Waals surface area contributed by atoms with E-state index in [-0.39, 0.29) is 23.8 Å². The average molecular weight is 864 g/mol. The van der Waals surface area contributed by atoms with E-state index in [1.54, 1.807) is 24.3 Å². The molecule has 0 spiro atoms. The molecule has 9 rings (SSSR count). The molecule has 1 aromatic heterocycles. The highest BCUT2D eigenvalue weighted by atomic mass is 35.5. The van der Waals surface area contributed by atoms with Gasteiger partial charge in [0, 0.05) is 67.5 Å². The monoisotopic (exact) mass is 863 g/mol. The number of anilines is 4. The van der Waals surface area contributed by atoms with Crippen LogP contribution in [0.2, 0.25) is 5.02 Å². The smallest absolute Gasteiger partial charge is 0.262 e. The zero-order chi connectivity index (χ0) is 43.1. The minimum Gasteiger partial charge on any atom is -0.491 e. The van der Waals surface area contributed by atoms with Crippen LogP contribution in [0.4, 0.5) is 27.3 Å². The lowest BCUT2D eigenvalue weighted by Gasteiger charge is -2.44. The van der Waals surface area contributed by atoms with Gasteiger partial charge < -0.3 is 25.2 Å². The van der Waals surface area contributed by atoms with Crippen LogP contribution in [0.25, 0.3) is 10.9 Å². The van der Waals surface area contributed by atoms with E-state index < -0.39 is 35.5 Å². The van der Waals surface area contributed by atoms with Crippen molar-refractivity contribution < 1.29 is 33.1 Å². The summed E-state index contributed by atoms with van der Waals surface area (Å²) in [5, 5.41) is 8.85. The first-order valence-electron chi connectivity index (χ1n) is 21.2. The van der Waals surface area contributed by atoms with Crippen molar-refractivity contribution in [2.75, 3.05) is 61.4 Å². The molecule has 5 amide bonds. The highest BCUT2D eigenvalue weighted by molar-refractivity contribution is 6.31. The molecule has 4 fully saturated rings. The van der Waals surface area contributed by atoms with Crippen LogP contribution >= 0.6 is 11.6 Å². The van der Waals surface area contributed by atoms with Gasteiger partial charge in [-0.3, -0.25) is 39.1 Å². The lowest BCUT2D eigenvalue weighted by Crippen LogP contribution is -2.55. The van der Waals surface area contributed by atoms with Gasteiger partial charge in [0.05, 0.1) is 34.0 Å². The van der Waals surface area contributed by atoms with E-state index in [1.807, 2.05) is 12.1 Å². The summed E-state index contributed by atoms with van der Waals surface area (Å²) in [7, 11) is 0. The average Bonchev–Trinajstić information content (AvgIpc) is 3.67. The first kappa shape index (κ1) is 41.4. The molecular formula is C45H47ClFN9O6. The fourth-order valence-electron chi connectivity index (χ4n) is 9.70. The number of piperazine rings is 1. The fraction of sp³-hybridized carbons (Fsp3) is 0.400. The number of carbonyl (C=O) groups excluding carboxylic acids is 5. The number of nitrogens with one attached hydrogen (secondary N) is 3. The van der Waals surface area contributed by atoms with Gasteiger partial charge in [-0.1, -0.05) is 18.2 Å². The number of aromatic nitrogens is 2. The predicted molar refractivity (Wildman–Crippen MR) is 231 cm³/mol. The standard InChI is InChI=1S/C45H47ClFN9O6/c1-2-40(57)51-37-20-33-36(48-25-49-42(33)50-27-4-9-35(47)34(46)18-27)21-39(37)62-17-3-14-53-15-12-26(13-16-53)22-54-23-29-5-6-30(24-54)55(29)28-7-8-31-32(19-28)45(61)56(44(31)60)38-10-11-41(58)52-43(38)59/h2,4,7-9,18-21,25-26,29-30,38H,1,3,5-6,10-17,22-24H2,(H,51,57)(H,48,49,50)(H,52,58,59). The largest absolute Gasteiger partial charge is 0.491 e. The van der Waals surface area contributed by atoms with E-state index in [2.05, 4.69) is 47.2 Å². The van der Waals surface area contributed by atoms with Crippen molar-refractivity contribution in [3.63, 3.8) is 0 Å². The molecule has 6 heterocycles. The summed E-state index contributed by atoms with van der Waals surface area (Å²) in [5.41, 5.74) is 3.14. The van der Waals surface area contributed by atoms with Gasteiger partial charge >= 0.3 is 0 Å². The van der Waals surface area contributed by atoms with Crippen LogP contribution in [-0.4, -0.2) is 118 Å². The van der Waals surface area contributed by atoms with Gasteiger partial charge in [0.1, 0.15) is 29.8 Å². The quantitative estimate of drug-likeness (QED) is 0.0876. The summed E-state index contributed by atoms with van der Waals surface area (Å²) in [4.78, 5) is 80.7. The van der Waals surface area contributed by atoms with Crippen LogP contribution in [0.3, 0.4) is 0 Å². The van der Waals surface area contributed by atoms with Crippen molar-refractivity contribution in [1.82, 2.24) is 30.0 Å². The minimum atomic E-state index is -0.980. The maximum absolute atomic E-state index is 13.8. The SMILES string of the molecule is C=CC(=O)Nc1cc2c(Nc3ccc(F)c(Cl)c3)ncnc2cc1OCCCN1CCC(CN2CC3CCC(C2)N3c2ccc3c(c2)C(=O)N(C2CCC(=O)NC2=O)C3=O)CC1. The Kier molecular flexibility index (Phi) is 11.6. The number of hydrogen-bond donors (Lipinski definition) is 3. The summed E-state index contributed by atoms with van der Waals surface area (Å²) in [6.07, 6.45) is 7.98. The number of piperidine rings is 2. The third-order valence-electron chi connectivity index (χ3n) is 12.7. The normalized spacial score (nSPS) is 21.9. The van der Waals surface area contributed by atoms with Crippen molar-refractivity contribution in [1.29, 1.82) is 0 Å². The van der Waals surface area contributed by atoms with E-state index in [0.29, 0.717) is 69.6 Å². The Labute approximate surface area is 362 Å². The summed E-state index contributed by atoms with van der Waals surface area (Å²) in [5.74, 6) is -1.35. The highest BCUT2D eigenvalue weighted by Gasteiger charge is 2.46. The maximum atomic E-state index is 13.8.